The molecule has 0 N–H and O–H groups in total. The second-order valence-corrected chi connectivity index (χ2v) is 9.08. The van der Waals surface area contributed by atoms with E-state index in [4.69, 9.17) is 14.2 Å². The van der Waals surface area contributed by atoms with Crippen LogP contribution in [-0.4, -0.2) is 32.6 Å². The molecule has 0 saturated carbocycles. The standard InChI is InChI=1S/C23H36O5/c1-15(2)14-28-22(25)17(12-16(3)13-23(4,5)6)21(24)20-18(26-7)10-9-11-19(20)27-8/h9-11,15-17H,12-14H2,1-8H3. The van der Waals surface area contributed by atoms with Crippen LogP contribution in [0.5, 0.6) is 11.5 Å². The van der Waals surface area contributed by atoms with Gasteiger partial charge < -0.3 is 14.2 Å². The molecule has 0 bridgehead atoms. The summed E-state index contributed by atoms with van der Waals surface area (Å²) in [6.45, 7) is 12.8. The summed E-state index contributed by atoms with van der Waals surface area (Å²) in [4.78, 5) is 26.3. The molecule has 0 aliphatic rings. The molecule has 2 unspecified atom stereocenters. The zero-order valence-corrected chi connectivity index (χ0v) is 18.6. The van der Waals surface area contributed by atoms with Crippen molar-refractivity contribution in [3.05, 3.63) is 23.8 Å². The smallest absolute Gasteiger partial charge is 0.316 e. The van der Waals surface area contributed by atoms with Crippen molar-refractivity contribution in [2.45, 2.75) is 54.4 Å². The molecule has 5 heteroatoms. The predicted molar refractivity (Wildman–Crippen MR) is 111 cm³/mol. The highest BCUT2D eigenvalue weighted by atomic mass is 16.5. The van der Waals surface area contributed by atoms with Gasteiger partial charge in [0, 0.05) is 0 Å². The monoisotopic (exact) mass is 392 g/mol. The third-order valence-corrected chi connectivity index (χ3v) is 4.43. The molecule has 0 aliphatic heterocycles. The highest BCUT2D eigenvalue weighted by Gasteiger charge is 2.35. The molecule has 28 heavy (non-hydrogen) atoms. The van der Waals surface area contributed by atoms with Crippen LogP contribution in [0, 0.1) is 23.2 Å². The second kappa shape index (κ2) is 10.5. The number of hydrogen-bond donors (Lipinski definition) is 0. The van der Waals surface area contributed by atoms with Gasteiger partial charge in [-0.15, -0.1) is 0 Å². The molecule has 0 radical (unpaired) electrons. The van der Waals surface area contributed by atoms with Crippen LogP contribution in [0.3, 0.4) is 0 Å². The third-order valence-electron chi connectivity index (χ3n) is 4.43. The van der Waals surface area contributed by atoms with Crippen LogP contribution in [0.25, 0.3) is 0 Å². The van der Waals surface area contributed by atoms with Crippen molar-refractivity contribution in [3.8, 4) is 11.5 Å². The lowest BCUT2D eigenvalue weighted by molar-refractivity contribution is -0.148. The maximum absolute atomic E-state index is 13.4. The van der Waals surface area contributed by atoms with E-state index in [-0.39, 0.29) is 23.0 Å². The zero-order valence-electron chi connectivity index (χ0n) is 18.6. The van der Waals surface area contributed by atoms with Gasteiger partial charge in [-0.05, 0) is 42.2 Å². The molecule has 2 atom stereocenters. The van der Waals surface area contributed by atoms with Gasteiger partial charge in [0.2, 0.25) is 0 Å². The Kier molecular flexibility index (Phi) is 8.99. The highest BCUT2D eigenvalue weighted by Crippen LogP contribution is 2.34. The zero-order chi connectivity index (χ0) is 21.5. The Morgan fingerprint density at radius 2 is 1.54 bits per heavy atom. The van der Waals surface area contributed by atoms with Crippen LogP contribution >= 0.6 is 0 Å². The number of benzene rings is 1. The maximum Gasteiger partial charge on any atom is 0.316 e. The van der Waals surface area contributed by atoms with E-state index in [2.05, 4.69) is 27.7 Å². The first-order valence-corrected chi connectivity index (χ1v) is 9.92. The molecule has 0 saturated heterocycles. The number of ether oxygens (including phenoxy) is 3. The number of methoxy groups -OCH3 is 2. The maximum atomic E-state index is 13.4. The van der Waals surface area contributed by atoms with Gasteiger partial charge in [0.05, 0.1) is 20.8 Å². The van der Waals surface area contributed by atoms with Gasteiger partial charge in [-0.3, -0.25) is 9.59 Å². The molecule has 1 aromatic carbocycles. The lowest BCUT2D eigenvalue weighted by Crippen LogP contribution is -2.30. The van der Waals surface area contributed by atoms with Crippen molar-refractivity contribution in [1.82, 2.24) is 0 Å². The molecule has 0 heterocycles. The summed E-state index contributed by atoms with van der Waals surface area (Å²) in [5.41, 5.74) is 0.402. The fourth-order valence-corrected chi connectivity index (χ4v) is 3.46. The molecule has 1 aromatic rings. The van der Waals surface area contributed by atoms with E-state index in [0.717, 1.165) is 6.42 Å². The Morgan fingerprint density at radius 1 is 1.00 bits per heavy atom. The van der Waals surface area contributed by atoms with Crippen LogP contribution < -0.4 is 9.47 Å². The number of carbonyl (C=O) groups is 2. The molecule has 0 aromatic heterocycles. The van der Waals surface area contributed by atoms with Crippen LogP contribution in [-0.2, 0) is 9.53 Å². The fraction of sp³-hybridized carbons (Fsp3) is 0.652. The molecule has 158 valence electrons. The fourth-order valence-electron chi connectivity index (χ4n) is 3.46. The van der Waals surface area contributed by atoms with Crippen LogP contribution in [0.1, 0.15) is 64.7 Å². The minimum atomic E-state index is -0.888. The number of Topliss-reactive ketones (excluding diaryl/α,β-unsaturated/α-hetero) is 1. The van der Waals surface area contributed by atoms with Gasteiger partial charge in [0.15, 0.2) is 5.78 Å². The predicted octanol–water partition coefficient (Wildman–Crippen LogP) is 5.16. The van der Waals surface area contributed by atoms with Gasteiger partial charge in [0.25, 0.3) is 0 Å². The second-order valence-electron chi connectivity index (χ2n) is 9.08. The molecule has 5 nitrogen and oxygen atoms in total. The summed E-state index contributed by atoms with van der Waals surface area (Å²) >= 11 is 0. The SMILES string of the molecule is COc1cccc(OC)c1C(=O)C(CC(C)CC(C)(C)C)C(=O)OCC(C)C. The lowest BCUT2D eigenvalue weighted by atomic mass is 9.80. The first-order valence-electron chi connectivity index (χ1n) is 9.92. The van der Waals surface area contributed by atoms with E-state index >= 15 is 0 Å². The Bertz CT molecular complexity index is 635. The molecular formula is C23H36O5. The van der Waals surface area contributed by atoms with Gasteiger partial charge in [-0.1, -0.05) is 47.6 Å². The topological polar surface area (TPSA) is 61.8 Å². The summed E-state index contributed by atoms with van der Waals surface area (Å²) in [6, 6.07) is 5.15. The average Bonchev–Trinajstić information content (AvgIpc) is 2.61. The summed E-state index contributed by atoms with van der Waals surface area (Å²) in [5.74, 6) is -0.504. The van der Waals surface area contributed by atoms with Gasteiger partial charge in [-0.25, -0.2) is 0 Å². The van der Waals surface area contributed by atoms with Crippen molar-refractivity contribution in [3.63, 3.8) is 0 Å². The highest BCUT2D eigenvalue weighted by molar-refractivity contribution is 6.11. The minimum absolute atomic E-state index is 0.108. The van der Waals surface area contributed by atoms with Crippen LogP contribution in [0.4, 0.5) is 0 Å². The quantitative estimate of drug-likeness (QED) is 0.312. The first kappa shape index (κ1) is 24.0. The van der Waals surface area contributed by atoms with E-state index in [9.17, 15) is 9.59 Å². The Morgan fingerprint density at radius 3 is 1.96 bits per heavy atom. The van der Waals surface area contributed by atoms with Gasteiger partial charge >= 0.3 is 5.97 Å². The molecule has 0 spiro atoms. The summed E-state index contributed by atoms with van der Waals surface area (Å²) < 4.78 is 16.2. The number of esters is 1. The normalized spacial score (nSPS) is 13.8. The number of hydrogen-bond acceptors (Lipinski definition) is 5. The summed E-state index contributed by atoms with van der Waals surface area (Å²) in [7, 11) is 3.00. The first-order chi connectivity index (χ1) is 13.0. The van der Waals surface area contributed by atoms with E-state index in [0.29, 0.717) is 30.1 Å². The van der Waals surface area contributed by atoms with Crippen molar-refractivity contribution < 1.29 is 23.8 Å². The van der Waals surface area contributed by atoms with Crippen molar-refractivity contribution >= 4 is 11.8 Å². The van der Waals surface area contributed by atoms with Crippen molar-refractivity contribution in [2.24, 2.45) is 23.2 Å². The van der Waals surface area contributed by atoms with E-state index < -0.39 is 11.9 Å². The number of ketones is 1. The molecule has 0 fully saturated rings. The van der Waals surface area contributed by atoms with Crippen molar-refractivity contribution in [2.75, 3.05) is 20.8 Å². The average molecular weight is 393 g/mol. The molecule has 0 aliphatic carbocycles. The summed E-state index contributed by atoms with van der Waals surface area (Å²) in [6.07, 6.45) is 1.32. The van der Waals surface area contributed by atoms with E-state index in [1.807, 2.05) is 13.8 Å². The largest absolute Gasteiger partial charge is 0.496 e. The summed E-state index contributed by atoms with van der Waals surface area (Å²) in [5, 5.41) is 0. The van der Waals surface area contributed by atoms with Crippen molar-refractivity contribution in [1.29, 1.82) is 0 Å². The van der Waals surface area contributed by atoms with E-state index in [1.54, 1.807) is 18.2 Å². The third kappa shape index (κ3) is 7.17. The van der Waals surface area contributed by atoms with Gasteiger partial charge in [0.1, 0.15) is 23.0 Å². The Hall–Kier alpha value is -2.04. The number of carbonyl (C=O) groups excluding carboxylic acids is 2. The van der Waals surface area contributed by atoms with Gasteiger partial charge in [-0.2, -0.15) is 0 Å². The minimum Gasteiger partial charge on any atom is -0.496 e. The van der Waals surface area contributed by atoms with Crippen LogP contribution in [0.2, 0.25) is 0 Å². The van der Waals surface area contributed by atoms with Crippen LogP contribution in [0.15, 0.2) is 18.2 Å². The van der Waals surface area contributed by atoms with E-state index in [1.165, 1.54) is 14.2 Å². The number of rotatable bonds is 10. The molecular weight excluding hydrogens is 356 g/mol. The lowest BCUT2D eigenvalue weighted by Gasteiger charge is -2.26. The Labute approximate surface area is 169 Å². The molecule has 1 rings (SSSR count). The molecule has 0 amide bonds. The Balaban J connectivity index is 3.23.